The third-order valence-corrected chi connectivity index (χ3v) is 9.68. The molecule has 54 heavy (non-hydrogen) atoms. The lowest BCUT2D eigenvalue weighted by Gasteiger charge is -2.25. The van der Waals surface area contributed by atoms with E-state index in [0.717, 1.165) is 36.3 Å². The van der Waals surface area contributed by atoms with Gasteiger partial charge in [0.05, 0.1) is 70.3 Å². The second-order valence-corrected chi connectivity index (χ2v) is 14.4. The molecule has 1 saturated carbocycles. The molecule has 3 aromatic carbocycles. The summed E-state index contributed by atoms with van der Waals surface area (Å²) in [5.41, 5.74) is 3.43. The monoisotopic (exact) mass is 766 g/mol. The number of rotatable bonds is 20. The fourth-order valence-corrected chi connectivity index (χ4v) is 6.69. The van der Waals surface area contributed by atoms with Crippen LogP contribution in [0.25, 0.3) is 28.1 Å². The van der Waals surface area contributed by atoms with Gasteiger partial charge in [0, 0.05) is 35.7 Å². The van der Waals surface area contributed by atoms with E-state index in [-0.39, 0.29) is 81.7 Å². The van der Waals surface area contributed by atoms with E-state index in [0.29, 0.717) is 27.8 Å². The number of fused-ring (bicyclic) bond motifs is 1. The third-order valence-electron chi connectivity index (χ3n) is 8.50. The van der Waals surface area contributed by atoms with Gasteiger partial charge in [0.1, 0.15) is 22.9 Å². The van der Waals surface area contributed by atoms with E-state index in [4.69, 9.17) is 18.6 Å². The van der Waals surface area contributed by atoms with Crippen LogP contribution >= 0.6 is 0 Å². The number of sulfonamides is 1. The molecule has 1 aliphatic rings. The first kappa shape index (κ1) is 40.1. The number of nitrogens with one attached hydrogen (secondary N) is 1. The zero-order valence-electron chi connectivity index (χ0n) is 30.3. The molecule has 0 saturated heterocycles. The molecule has 15 heteroatoms. The molecule has 1 aliphatic carbocycles. The van der Waals surface area contributed by atoms with Crippen LogP contribution in [0.4, 0.5) is 10.1 Å². The topological polar surface area (TPSA) is 171 Å². The number of hydrogen-bond donors (Lipinski definition) is 2. The standard InChI is InChI=1S/C39H43FN2O11S/c1-4-52-39(46)34(44)23-33(43)28-7-5-6-25(20-28)24-51-19-18-50-17-16-49-15-14-42(54(3,47)48)32-22-35-31(21-30(32)26-8-9-26)36(38(45)41-2)37(53-35)27-10-12-29(40)13-11-27/h5-7,10-13,20-23,26,43H,4,8-9,14-19,24H2,1-3H3,(H,41,45). The number of carbonyl (C=O) groups excluding carboxylic acids is 3. The maximum absolute atomic E-state index is 13.7. The average molecular weight is 767 g/mol. The minimum Gasteiger partial charge on any atom is -0.507 e. The lowest BCUT2D eigenvalue weighted by molar-refractivity contribution is -0.151. The number of ketones is 1. The number of halogens is 1. The maximum atomic E-state index is 13.7. The van der Waals surface area contributed by atoms with Crippen molar-refractivity contribution in [2.45, 2.75) is 32.3 Å². The Morgan fingerprint density at radius 3 is 2.31 bits per heavy atom. The van der Waals surface area contributed by atoms with Gasteiger partial charge in [0.25, 0.3) is 11.7 Å². The number of anilines is 1. The van der Waals surface area contributed by atoms with E-state index in [1.807, 2.05) is 6.07 Å². The summed E-state index contributed by atoms with van der Waals surface area (Å²) in [5.74, 6) is -2.81. The molecule has 0 spiro atoms. The van der Waals surface area contributed by atoms with Gasteiger partial charge in [-0.3, -0.25) is 13.9 Å². The van der Waals surface area contributed by atoms with Crippen molar-refractivity contribution in [1.82, 2.24) is 5.32 Å². The Kier molecular flexibility index (Phi) is 13.6. The Bertz CT molecular complexity index is 2110. The fraction of sp³-hybridized carbons (Fsp3) is 0.359. The smallest absolute Gasteiger partial charge is 0.379 e. The van der Waals surface area contributed by atoms with Crippen LogP contribution < -0.4 is 9.62 Å². The average Bonchev–Trinajstić information content (AvgIpc) is 3.93. The van der Waals surface area contributed by atoms with Gasteiger partial charge in [-0.25, -0.2) is 17.6 Å². The van der Waals surface area contributed by atoms with Crippen LogP contribution in [0.3, 0.4) is 0 Å². The van der Waals surface area contributed by atoms with Crippen molar-refractivity contribution in [3.8, 4) is 11.3 Å². The molecule has 0 unspecified atom stereocenters. The van der Waals surface area contributed by atoms with Crippen LogP contribution in [0.5, 0.6) is 0 Å². The van der Waals surface area contributed by atoms with Crippen molar-refractivity contribution in [3.63, 3.8) is 0 Å². The highest BCUT2D eigenvalue weighted by atomic mass is 32.2. The molecule has 4 aromatic rings. The first-order valence-electron chi connectivity index (χ1n) is 17.4. The van der Waals surface area contributed by atoms with Crippen molar-refractivity contribution in [2.24, 2.45) is 0 Å². The van der Waals surface area contributed by atoms with Gasteiger partial charge in [-0.1, -0.05) is 18.2 Å². The molecule has 13 nitrogen and oxygen atoms in total. The zero-order chi connectivity index (χ0) is 38.8. The number of furan rings is 1. The van der Waals surface area contributed by atoms with Crippen LogP contribution in [-0.4, -0.2) is 90.7 Å². The molecule has 0 bridgehead atoms. The second-order valence-electron chi connectivity index (χ2n) is 12.5. The number of carbonyl (C=O) groups is 3. The minimum absolute atomic E-state index is 0.0296. The second kappa shape index (κ2) is 18.3. The van der Waals surface area contributed by atoms with Crippen LogP contribution in [0.2, 0.25) is 0 Å². The highest BCUT2D eigenvalue weighted by Gasteiger charge is 2.33. The van der Waals surface area contributed by atoms with Crippen LogP contribution in [-0.2, 0) is 45.2 Å². The van der Waals surface area contributed by atoms with Crippen LogP contribution in [0, 0.1) is 5.82 Å². The highest BCUT2D eigenvalue weighted by molar-refractivity contribution is 7.92. The van der Waals surface area contributed by atoms with Gasteiger partial charge < -0.3 is 33.8 Å². The Morgan fingerprint density at radius 1 is 0.981 bits per heavy atom. The molecule has 0 aliphatic heterocycles. The lowest BCUT2D eigenvalue weighted by Crippen LogP contribution is -2.34. The molecular weight excluding hydrogens is 723 g/mol. The Hall–Kier alpha value is -5.09. The van der Waals surface area contributed by atoms with Crippen LogP contribution in [0.15, 0.2) is 71.2 Å². The minimum atomic E-state index is -3.75. The Morgan fingerprint density at radius 2 is 1.67 bits per heavy atom. The summed E-state index contributed by atoms with van der Waals surface area (Å²) < 4.78 is 69.0. The molecule has 1 amide bonds. The van der Waals surface area contributed by atoms with Gasteiger partial charge >= 0.3 is 5.97 Å². The van der Waals surface area contributed by atoms with Crippen LogP contribution in [0.1, 0.15) is 52.7 Å². The van der Waals surface area contributed by atoms with E-state index in [1.54, 1.807) is 37.3 Å². The summed E-state index contributed by atoms with van der Waals surface area (Å²) in [5, 5.41) is 13.4. The summed E-state index contributed by atoms with van der Waals surface area (Å²) >= 11 is 0. The first-order valence-corrected chi connectivity index (χ1v) is 19.3. The Balaban J connectivity index is 1.14. The lowest BCUT2D eigenvalue weighted by atomic mass is 10.0. The van der Waals surface area contributed by atoms with Crippen molar-refractivity contribution < 1.29 is 55.7 Å². The van der Waals surface area contributed by atoms with Crippen molar-refractivity contribution in [1.29, 1.82) is 0 Å². The van der Waals surface area contributed by atoms with E-state index < -0.39 is 27.6 Å². The molecule has 1 heterocycles. The first-order chi connectivity index (χ1) is 25.9. The van der Waals surface area contributed by atoms with E-state index in [2.05, 4.69) is 10.1 Å². The fourth-order valence-electron chi connectivity index (χ4n) is 5.77. The Labute approximate surface area is 312 Å². The zero-order valence-corrected chi connectivity index (χ0v) is 31.1. The summed E-state index contributed by atoms with van der Waals surface area (Å²) in [4.78, 5) is 36.4. The predicted octanol–water partition coefficient (Wildman–Crippen LogP) is 5.52. The quantitative estimate of drug-likeness (QED) is 0.0382. The number of esters is 1. The van der Waals surface area contributed by atoms with Gasteiger partial charge in [0.15, 0.2) is 0 Å². The number of nitrogens with zero attached hydrogens (tertiary/aromatic N) is 1. The summed E-state index contributed by atoms with van der Waals surface area (Å²) in [6, 6.07) is 15.8. The van der Waals surface area contributed by atoms with Gasteiger partial charge in [-0.2, -0.15) is 0 Å². The molecule has 1 aromatic heterocycles. The predicted molar refractivity (Wildman–Crippen MR) is 199 cm³/mol. The molecule has 1 fully saturated rings. The molecule has 288 valence electrons. The van der Waals surface area contributed by atoms with Crippen molar-refractivity contribution in [3.05, 3.63) is 94.8 Å². The molecule has 0 atom stereocenters. The van der Waals surface area contributed by atoms with Gasteiger partial charge in [0.2, 0.25) is 10.0 Å². The summed E-state index contributed by atoms with van der Waals surface area (Å²) in [6.45, 7) is 2.93. The number of amides is 1. The van der Waals surface area contributed by atoms with Crippen molar-refractivity contribution >= 4 is 50.1 Å². The van der Waals surface area contributed by atoms with Gasteiger partial charge in [-0.15, -0.1) is 0 Å². The SMILES string of the molecule is CCOC(=O)C(=O)C=C(O)c1cccc(COCCOCCOCCN(c2cc3oc(-c4ccc(F)cc4)c(C(=O)NC)c3cc2C2CC2)S(C)(=O)=O)c1. The molecule has 0 radical (unpaired) electrons. The van der Waals surface area contributed by atoms with E-state index in [9.17, 15) is 32.3 Å². The number of ether oxygens (including phenoxy) is 4. The van der Waals surface area contributed by atoms with Crippen molar-refractivity contribution in [2.75, 3.05) is 63.8 Å². The largest absolute Gasteiger partial charge is 0.507 e. The number of benzene rings is 3. The number of aliphatic hydroxyl groups is 1. The molecular formula is C39H43FN2O11S. The molecule has 2 N–H and O–H groups in total. The maximum Gasteiger partial charge on any atom is 0.379 e. The summed E-state index contributed by atoms with van der Waals surface area (Å²) in [6.07, 6.45) is 3.69. The summed E-state index contributed by atoms with van der Waals surface area (Å²) in [7, 11) is -2.24. The highest BCUT2D eigenvalue weighted by Crippen LogP contribution is 2.48. The third kappa shape index (κ3) is 10.3. The van der Waals surface area contributed by atoms with E-state index >= 15 is 0 Å². The number of hydrogen-bond acceptors (Lipinski definition) is 11. The molecule has 5 rings (SSSR count). The van der Waals surface area contributed by atoms with Gasteiger partial charge in [-0.05, 0) is 73.2 Å². The number of aliphatic hydroxyl groups excluding tert-OH is 1. The van der Waals surface area contributed by atoms with E-state index in [1.165, 1.54) is 35.6 Å². The normalized spacial score (nSPS) is 13.2.